The van der Waals surface area contributed by atoms with Crippen molar-refractivity contribution in [2.75, 3.05) is 6.54 Å². The molecule has 0 spiro atoms. The summed E-state index contributed by atoms with van der Waals surface area (Å²) in [7, 11) is 0. The summed E-state index contributed by atoms with van der Waals surface area (Å²) in [5.41, 5.74) is 8.36. The largest absolute Gasteiger partial charge is 0.330 e. The fraction of sp³-hybridized carbons (Fsp3) is 0.562. The number of benzene rings is 1. The average Bonchev–Trinajstić information content (AvgIpc) is 2.76. The van der Waals surface area contributed by atoms with Gasteiger partial charge in [0.2, 0.25) is 0 Å². The van der Waals surface area contributed by atoms with Gasteiger partial charge in [0.05, 0.1) is 11.2 Å². The van der Waals surface area contributed by atoms with Crippen LogP contribution in [0.5, 0.6) is 0 Å². The van der Waals surface area contributed by atoms with Crippen molar-refractivity contribution in [3.8, 4) is 0 Å². The van der Waals surface area contributed by atoms with Gasteiger partial charge in [0.1, 0.15) is 0 Å². The number of fused-ring (bicyclic) bond motifs is 1. The van der Waals surface area contributed by atoms with Crippen LogP contribution in [0.1, 0.15) is 32.9 Å². The summed E-state index contributed by atoms with van der Waals surface area (Å²) >= 11 is 0. The molecule has 3 nitrogen and oxygen atoms in total. The summed E-state index contributed by atoms with van der Waals surface area (Å²) < 4.78 is 2.09. The maximum Gasteiger partial charge on any atom is 0.0706 e. The lowest BCUT2D eigenvalue weighted by atomic mass is 9.92. The Kier molecular flexibility index (Phi) is 4.59. The second kappa shape index (κ2) is 6.20. The summed E-state index contributed by atoms with van der Waals surface area (Å²) in [6, 6.07) is 8.49. The van der Waals surface area contributed by atoms with Crippen molar-refractivity contribution >= 4 is 10.9 Å². The minimum absolute atomic E-state index is 0.531. The number of rotatable bonds is 6. The molecule has 0 aliphatic heterocycles. The first-order valence-corrected chi connectivity index (χ1v) is 7.30. The standard InChI is InChI=1S/C16H25N3/c1-4-19-16-8-6-5-7-14(16)15(18-19)10-13(11-17)9-12(2)3/h5-8,12-13H,4,9-11,17H2,1-3H3. The average molecular weight is 259 g/mol. The van der Waals surface area contributed by atoms with Crippen LogP contribution in [-0.4, -0.2) is 16.3 Å². The van der Waals surface area contributed by atoms with Crippen LogP contribution in [0.3, 0.4) is 0 Å². The molecule has 19 heavy (non-hydrogen) atoms. The van der Waals surface area contributed by atoms with Crippen LogP contribution in [-0.2, 0) is 13.0 Å². The van der Waals surface area contributed by atoms with Crippen molar-refractivity contribution in [2.45, 2.75) is 40.2 Å². The third-order valence-corrected chi connectivity index (χ3v) is 3.65. The van der Waals surface area contributed by atoms with Crippen molar-refractivity contribution in [1.29, 1.82) is 0 Å². The molecule has 0 saturated heterocycles. The van der Waals surface area contributed by atoms with E-state index in [-0.39, 0.29) is 0 Å². The Bertz CT molecular complexity index is 528. The highest BCUT2D eigenvalue weighted by molar-refractivity contribution is 5.81. The lowest BCUT2D eigenvalue weighted by Gasteiger charge is -2.15. The lowest BCUT2D eigenvalue weighted by Crippen LogP contribution is -2.19. The van der Waals surface area contributed by atoms with Crippen LogP contribution < -0.4 is 5.73 Å². The Balaban J connectivity index is 2.29. The summed E-state index contributed by atoms with van der Waals surface area (Å²) in [6.07, 6.45) is 2.16. The lowest BCUT2D eigenvalue weighted by molar-refractivity contribution is 0.411. The van der Waals surface area contributed by atoms with Gasteiger partial charge in [-0.15, -0.1) is 0 Å². The first-order chi connectivity index (χ1) is 9.15. The molecule has 0 aliphatic rings. The van der Waals surface area contributed by atoms with Gasteiger partial charge in [-0.05, 0) is 44.2 Å². The molecule has 1 unspecified atom stereocenters. The van der Waals surface area contributed by atoms with E-state index in [4.69, 9.17) is 10.8 Å². The molecule has 104 valence electrons. The molecule has 1 atom stereocenters. The zero-order valence-electron chi connectivity index (χ0n) is 12.3. The zero-order valence-corrected chi connectivity index (χ0v) is 12.3. The van der Waals surface area contributed by atoms with Crippen LogP contribution in [0.2, 0.25) is 0 Å². The molecule has 0 fully saturated rings. The predicted molar refractivity (Wildman–Crippen MR) is 81.1 cm³/mol. The van der Waals surface area contributed by atoms with Crippen molar-refractivity contribution in [3.63, 3.8) is 0 Å². The maximum absolute atomic E-state index is 5.92. The van der Waals surface area contributed by atoms with Gasteiger partial charge in [-0.3, -0.25) is 4.68 Å². The fourth-order valence-electron chi connectivity index (χ4n) is 2.79. The minimum atomic E-state index is 0.531. The SMILES string of the molecule is CCn1nc(CC(CN)CC(C)C)c2ccccc21. The van der Waals surface area contributed by atoms with E-state index in [0.29, 0.717) is 11.8 Å². The molecule has 0 radical (unpaired) electrons. The summed E-state index contributed by atoms with van der Waals surface area (Å²) in [4.78, 5) is 0. The van der Waals surface area contributed by atoms with Crippen molar-refractivity contribution in [1.82, 2.24) is 9.78 Å². The van der Waals surface area contributed by atoms with E-state index in [1.54, 1.807) is 0 Å². The monoisotopic (exact) mass is 259 g/mol. The first-order valence-electron chi connectivity index (χ1n) is 7.30. The van der Waals surface area contributed by atoms with Gasteiger partial charge in [-0.25, -0.2) is 0 Å². The third-order valence-electron chi connectivity index (χ3n) is 3.65. The molecule has 1 aromatic heterocycles. The van der Waals surface area contributed by atoms with E-state index >= 15 is 0 Å². The molecular formula is C16H25N3. The molecule has 2 rings (SSSR count). The number of hydrogen-bond donors (Lipinski definition) is 1. The summed E-state index contributed by atoms with van der Waals surface area (Å²) in [6.45, 7) is 8.30. The van der Waals surface area contributed by atoms with Crippen LogP contribution in [0.25, 0.3) is 10.9 Å². The quantitative estimate of drug-likeness (QED) is 0.865. The van der Waals surface area contributed by atoms with E-state index in [1.807, 2.05) is 0 Å². The smallest absolute Gasteiger partial charge is 0.0706 e. The second-order valence-corrected chi connectivity index (χ2v) is 5.72. The van der Waals surface area contributed by atoms with E-state index in [1.165, 1.54) is 23.0 Å². The third kappa shape index (κ3) is 3.16. The zero-order chi connectivity index (χ0) is 13.8. The highest BCUT2D eigenvalue weighted by Crippen LogP contribution is 2.23. The van der Waals surface area contributed by atoms with Gasteiger partial charge in [-0.1, -0.05) is 32.0 Å². The van der Waals surface area contributed by atoms with Gasteiger partial charge < -0.3 is 5.73 Å². The van der Waals surface area contributed by atoms with Crippen LogP contribution >= 0.6 is 0 Å². The minimum Gasteiger partial charge on any atom is -0.330 e. The van der Waals surface area contributed by atoms with Crippen molar-refractivity contribution < 1.29 is 0 Å². The van der Waals surface area contributed by atoms with Crippen molar-refractivity contribution in [2.24, 2.45) is 17.6 Å². The second-order valence-electron chi connectivity index (χ2n) is 5.72. The molecule has 0 amide bonds. The molecule has 3 heteroatoms. The maximum atomic E-state index is 5.92. The van der Waals surface area contributed by atoms with Crippen molar-refractivity contribution in [3.05, 3.63) is 30.0 Å². The molecule has 1 heterocycles. The summed E-state index contributed by atoms with van der Waals surface area (Å²) in [5, 5.41) is 6.05. The molecule has 1 aromatic carbocycles. The van der Waals surface area contributed by atoms with Crippen LogP contribution in [0, 0.1) is 11.8 Å². The Morgan fingerprint density at radius 2 is 2.00 bits per heavy atom. The number of para-hydroxylation sites is 1. The molecule has 2 aromatic rings. The molecule has 0 aliphatic carbocycles. The number of nitrogens with zero attached hydrogens (tertiary/aromatic N) is 2. The summed E-state index contributed by atoms with van der Waals surface area (Å²) in [5.74, 6) is 1.22. The fourth-order valence-corrected chi connectivity index (χ4v) is 2.79. The van der Waals surface area contributed by atoms with E-state index in [0.717, 1.165) is 19.5 Å². The number of nitrogens with two attached hydrogens (primary N) is 1. The Morgan fingerprint density at radius 3 is 2.63 bits per heavy atom. The first kappa shape index (κ1) is 14.1. The molecule has 0 saturated carbocycles. The highest BCUT2D eigenvalue weighted by Gasteiger charge is 2.15. The van der Waals surface area contributed by atoms with E-state index in [9.17, 15) is 0 Å². The van der Waals surface area contributed by atoms with Crippen LogP contribution in [0.15, 0.2) is 24.3 Å². The van der Waals surface area contributed by atoms with Crippen LogP contribution in [0.4, 0.5) is 0 Å². The number of aryl methyl sites for hydroxylation is 1. The van der Waals surface area contributed by atoms with Gasteiger partial charge in [-0.2, -0.15) is 5.10 Å². The highest BCUT2D eigenvalue weighted by atomic mass is 15.3. The Morgan fingerprint density at radius 1 is 1.26 bits per heavy atom. The molecule has 2 N–H and O–H groups in total. The van der Waals surface area contributed by atoms with E-state index < -0.39 is 0 Å². The van der Waals surface area contributed by atoms with Gasteiger partial charge in [0.25, 0.3) is 0 Å². The Labute approximate surface area is 115 Å². The van der Waals surface area contributed by atoms with Gasteiger partial charge in [0.15, 0.2) is 0 Å². The molecule has 0 bridgehead atoms. The van der Waals surface area contributed by atoms with Gasteiger partial charge in [0, 0.05) is 11.9 Å². The Hall–Kier alpha value is -1.35. The predicted octanol–water partition coefficient (Wildman–Crippen LogP) is 3.22. The molecular weight excluding hydrogens is 234 g/mol. The van der Waals surface area contributed by atoms with Gasteiger partial charge >= 0.3 is 0 Å². The number of aromatic nitrogens is 2. The van der Waals surface area contributed by atoms with E-state index in [2.05, 4.69) is 49.7 Å². The number of hydrogen-bond acceptors (Lipinski definition) is 2. The topological polar surface area (TPSA) is 43.8 Å². The normalized spacial score (nSPS) is 13.3.